The first-order chi connectivity index (χ1) is 19.8. The van der Waals surface area contributed by atoms with Crippen molar-refractivity contribution in [2.24, 2.45) is 0 Å². The fourth-order valence-electron chi connectivity index (χ4n) is 4.90. The van der Waals surface area contributed by atoms with Crippen molar-refractivity contribution in [1.29, 1.82) is 0 Å². The lowest BCUT2D eigenvalue weighted by molar-refractivity contribution is 0.0529. The van der Waals surface area contributed by atoms with Gasteiger partial charge in [0.15, 0.2) is 0 Å². The van der Waals surface area contributed by atoms with Gasteiger partial charge < -0.3 is 9.47 Å². The minimum atomic E-state index is -0.486. The highest BCUT2D eigenvalue weighted by Crippen LogP contribution is 2.14. The molecule has 0 aromatic carbocycles. The molecule has 0 unspecified atom stereocenters. The Kier molecular flexibility index (Phi) is 34.2. The maximum atomic E-state index is 11.7. The molecule has 0 spiro atoms. The van der Waals surface area contributed by atoms with E-state index in [0.29, 0.717) is 13.2 Å². The Morgan fingerprint density at radius 2 is 0.775 bits per heavy atom. The summed E-state index contributed by atoms with van der Waals surface area (Å²) < 4.78 is 10.4. The van der Waals surface area contributed by atoms with E-state index in [1.54, 1.807) is 0 Å². The van der Waals surface area contributed by atoms with Crippen LogP contribution < -0.4 is 0 Å². The van der Waals surface area contributed by atoms with Gasteiger partial charge in [0.1, 0.15) is 0 Å². The van der Waals surface area contributed by atoms with Crippen molar-refractivity contribution in [2.45, 2.75) is 181 Å². The second kappa shape index (κ2) is 35.5. The summed E-state index contributed by atoms with van der Waals surface area (Å²) in [6, 6.07) is 0. The third-order valence-electron chi connectivity index (χ3n) is 7.48. The van der Waals surface area contributed by atoms with Crippen molar-refractivity contribution in [3.63, 3.8) is 0 Å². The lowest BCUT2D eigenvalue weighted by Crippen LogP contribution is -2.09. The summed E-state index contributed by atoms with van der Waals surface area (Å²) in [6.07, 6.45) is 46.1. The second-order valence-electron chi connectivity index (χ2n) is 11.5. The number of carbonyl (C=O) groups excluding carboxylic acids is 1. The summed E-state index contributed by atoms with van der Waals surface area (Å²) in [7, 11) is 0. The fourth-order valence-corrected chi connectivity index (χ4v) is 4.90. The molecule has 0 aromatic rings. The highest BCUT2D eigenvalue weighted by Gasteiger charge is 2.03. The van der Waals surface area contributed by atoms with Crippen LogP contribution in [0.2, 0.25) is 0 Å². The maximum Gasteiger partial charge on any atom is 0.508 e. The van der Waals surface area contributed by atoms with Crippen molar-refractivity contribution in [3.8, 4) is 0 Å². The summed E-state index contributed by atoms with van der Waals surface area (Å²) in [5, 5.41) is 0. The van der Waals surface area contributed by atoms with E-state index in [4.69, 9.17) is 9.47 Å². The minimum Gasteiger partial charge on any atom is -0.434 e. The molecule has 0 rings (SSSR count). The van der Waals surface area contributed by atoms with Crippen molar-refractivity contribution in [2.75, 3.05) is 13.2 Å². The molecule has 0 amide bonds. The van der Waals surface area contributed by atoms with E-state index in [1.807, 2.05) is 0 Å². The quantitative estimate of drug-likeness (QED) is 0.0480. The van der Waals surface area contributed by atoms with E-state index in [-0.39, 0.29) is 0 Å². The Morgan fingerprint density at radius 1 is 0.425 bits per heavy atom. The summed E-state index contributed by atoms with van der Waals surface area (Å²) in [5.74, 6) is 0. The number of allylic oxidation sites excluding steroid dienone is 6. The highest BCUT2D eigenvalue weighted by atomic mass is 16.7. The molecule has 234 valence electrons. The van der Waals surface area contributed by atoms with Crippen LogP contribution in [-0.4, -0.2) is 19.4 Å². The molecule has 0 N–H and O–H groups in total. The van der Waals surface area contributed by atoms with E-state index in [1.165, 1.54) is 122 Å². The molecule has 0 saturated heterocycles. The van der Waals surface area contributed by atoms with E-state index in [9.17, 15) is 4.79 Å². The van der Waals surface area contributed by atoms with Crippen molar-refractivity contribution in [3.05, 3.63) is 36.5 Å². The van der Waals surface area contributed by atoms with E-state index in [0.717, 1.165) is 44.9 Å². The van der Waals surface area contributed by atoms with Crippen LogP contribution in [0.1, 0.15) is 181 Å². The summed E-state index contributed by atoms with van der Waals surface area (Å²) >= 11 is 0. The standard InChI is InChI=1S/C37H68O3/c1-3-5-7-9-11-13-15-17-19-21-23-25-27-29-31-33-35-39-37(38)40-36-34-32-30-28-26-24-22-20-18-16-14-12-10-8-6-4-2/h5,7,11,13,17,19H,3-4,6,8-10,12,14-16,18,20-36H2,1-2H3. The number of hydrogen-bond donors (Lipinski definition) is 0. The molecule has 0 radical (unpaired) electrons. The average molecular weight is 561 g/mol. The van der Waals surface area contributed by atoms with Gasteiger partial charge in [-0.2, -0.15) is 0 Å². The first-order valence-corrected chi connectivity index (χ1v) is 17.6. The molecule has 0 fully saturated rings. The molecule has 0 aliphatic heterocycles. The van der Waals surface area contributed by atoms with Crippen molar-refractivity contribution < 1.29 is 14.3 Å². The monoisotopic (exact) mass is 561 g/mol. The summed E-state index contributed by atoms with van der Waals surface area (Å²) in [4.78, 5) is 11.7. The van der Waals surface area contributed by atoms with Crippen LogP contribution in [0.15, 0.2) is 36.5 Å². The van der Waals surface area contributed by atoms with Crippen LogP contribution in [0.5, 0.6) is 0 Å². The molecule has 0 heterocycles. The molecule has 0 aliphatic rings. The molecular formula is C37H68O3. The smallest absolute Gasteiger partial charge is 0.434 e. The summed E-state index contributed by atoms with van der Waals surface area (Å²) in [6.45, 7) is 5.44. The Balaban J connectivity index is 3.22. The first kappa shape index (κ1) is 38.5. The van der Waals surface area contributed by atoms with Gasteiger partial charge in [-0.15, -0.1) is 0 Å². The molecule has 40 heavy (non-hydrogen) atoms. The van der Waals surface area contributed by atoms with Gasteiger partial charge in [-0.1, -0.05) is 172 Å². The third-order valence-corrected chi connectivity index (χ3v) is 7.48. The zero-order chi connectivity index (χ0) is 29.0. The zero-order valence-corrected chi connectivity index (χ0v) is 27.0. The molecule has 0 bridgehead atoms. The number of ether oxygens (including phenoxy) is 2. The normalized spacial score (nSPS) is 11.8. The van der Waals surface area contributed by atoms with E-state index in [2.05, 4.69) is 50.3 Å². The van der Waals surface area contributed by atoms with Gasteiger partial charge in [-0.3, -0.25) is 0 Å². The van der Waals surface area contributed by atoms with Crippen LogP contribution in [-0.2, 0) is 9.47 Å². The largest absolute Gasteiger partial charge is 0.508 e. The molecule has 3 heteroatoms. The lowest BCUT2D eigenvalue weighted by Gasteiger charge is -2.06. The number of unbranched alkanes of at least 4 members (excludes halogenated alkanes) is 21. The van der Waals surface area contributed by atoms with E-state index < -0.39 is 6.16 Å². The predicted octanol–water partition coefficient (Wildman–Crippen LogP) is 13.0. The second-order valence-corrected chi connectivity index (χ2v) is 11.5. The SMILES string of the molecule is CCC=CCC=CCC=CCCCCCCCCOC(=O)OCCCCCCCCCCCCCCCCCC. The Bertz CT molecular complexity index is 578. The Hall–Kier alpha value is -1.51. The third kappa shape index (κ3) is 34.5. The van der Waals surface area contributed by atoms with Gasteiger partial charge in [-0.05, 0) is 44.9 Å². The maximum absolute atomic E-state index is 11.7. The molecule has 0 atom stereocenters. The van der Waals surface area contributed by atoms with Gasteiger partial charge in [0, 0.05) is 0 Å². The molecule has 3 nitrogen and oxygen atoms in total. The predicted molar refractivity (Wildman–Crippen MR) is 176 cm³/mol. The first-order valence-electron chi connectivity index (χ1n) is 17.6. The van der Waals surface area contributed by atoms with Gasteiger partial charge in [0.25, 0.3) is 0 Å². The van der Waals surface area contributed by atoms with Crippen LogP contribution in [0.4, 0.5) is 4.79 Å². The summed E-state index contributed by atoms with van der Waals surface area (Å²) in [5.41, 5.74) is 0. The Morgan fingerprint density at radius 3 is 1.20 bits per heavy atom. The number of carbonyl (C=O) groups is 1. The highest BCUT2D eigenvalue weighted by molar-refractivity contribution is 5.59. The molecule has 0 aliphatic carbocycles. The number of hydrogen-bond acceptors (Lipinski definition) is 3. The zero-order valence-electron chi connectivity index (χ0n) is 27.0. The molecule has 0 saturated carbocycles. The topological polar surface area (TPSA) is 35.5 Å². The minimum absolute atomic E-state index is 0.486. The molecule has 0 aromatic heterocycles. The van der Waals surface area contributed by atoms with Gasteiger partial charge in [0.2, 0.25) is 0 Å². The van der Waals surface area contributed by atoms with E-state index >= 15 is 0 Å². The van der Waals surface area contributed by atoms with Crippen LogP contribution in [0.3, 0.4) is 0 Å². The van der Waals surface area contributed by atoms with Gasteiger partial charge in [-0.25, -0.2) is 4.79 Å². The van der Waals surface area contributed by atoms with Crippen LogP contribution in [0.25, 0.3) is 0 Å². The van der Waals surface area contributed by atoms with Gasteiger partial charge >= 0.3 is 6.16 Å². The van der Waals surface area contributed by atoms with Crippen molar-refractivity contribution in [1.82, 2.24) is 0 Å². The molecular weight excluding hydrogens is 492 g/mol. The van der Waals surface area contributed by atoms with Crippen LogP contribution >= 0.6 is 0 Å². The van der Waals surface area contributed by atoms with Crippen LogP contribution in [0, 0.1) is 0 Å². The van der Waals surface area contributed by atoms with Crippen molar-refractivity contribution >= 4 is 6.16 Å². The fraction of sp³-hybridized carbons (Fsp3) is 0.811. The van der Waals surface area contributed by atoms with Gasteiger partial charge in [0.05, 0.1) is 13.2 Å². The lowest BCUT2D eigenvalue weighted by atomic mass is 10.0. The number of rotatable bonds is 31. The average Bonchev–Trinajstić information content (AvgIpc) is 2.96. The Labute approximate surface area is 250 Å².